The number of rotatable bonds is 2. The van der Waals surface area contributed by atoms with E-state index >= 15 is 0 Å². The second kappa shape index (κ2) is 3.18. The van der Waals surface area contributed by atoms with Crippen LogP contribution in [0.3, 0.4) is 0 Å². The topological polar surface area (TPSA) is 50.9 Å². The van der Waals surface area contributed by atoms with Gasteiger partial charge in [-0.25, -0.2) is 0 Å². The molecule has 0 aliphatic heterocycles. The van der Waals surface area contributed by atoms with Crippen LogP contribution >= 0.6 is 0 Å². The van der Waals surface area contributed by atoms with Crippen molar-refractivity contribution in [2.24, 2.45) is 0 Å². The van der Waals surface area contributed by atoms with Gasteiger partial charge in [0.2, 0.25) is 5.90 Å². The van der Waals surface area contributed by atoms with E-state index in [0.717, 1.165) is 12.2 Å². The molecule has 1 N–H and O–H groups in total. The minimum absolute atomic E-state index is 0.157. The van der Waals surface area contributed by atoms with Gasteiger partial charge < -0.3 is 4.74 Å². The number of methoxy groups -OCH3 is 1. The number of aromatic nitrogens is 2. The Morgan fingerprint density at radius 3 is 3.09 bits per heavy atom. The predicted octanol–water partition coefficient (Wildman–Crippen LogP) is 0.875. The summed E-state index contributed by atoms with van der Waals surface area (Å²) in [5.41, 5.74) is 0.718. The highest BCUT2D eigenvalue weighted by Crippen LogP contribution is 1.99. The number of nitrogens with zero attached hydrogens (tertiary/aromatic N) is 2. The van der Waals surface area contributed by atoms with E-state index in [2.05, 4.69) is 5.10 Å². The summed E-state index contributed by atoms with van der Waals surface area (Å²) in [5.74, 6) is 0.157. The van der Waals surface area contributed by atoms with Crippen LogP contribution < -0.4 is 0 Å². The van der Waals surface area contributed by atoms with Crippen molar-refractivity contribution in [3.05, 3.63) is 18.0 Å². The molecule has 0 aliphatic carbocycles. The number of ether oxygens (including phenoxy) is 1. The first-order valence-corrected chi connectivity index (χ1v) is 3.44. The summed E-state index contributed by atoms with van der Waals surface area (Å²) in [6, 6.07) is 1.76. The highest BCUT2D eigenvalue weighted by molar-refractivity contribution is 5.89. The van der Waals surface area contributed by atoms with Gasteiger partial charge in [-0.2, -0.15) is 5.10 Å². The summed E-state index contributed by atoms with van der Waals surface area (Å²) >= 11 is 0. The van der Waals surface area contributed by atoms with Crippen molar-refractivity contribution in [2.45, 2.75) is 13.5 Å². The highest BCUT2D eigenvalue weighted by atomic mass is 16.5. The summed E-state index contributed by atoms with van der Waals surface area (Å²) in [7, 11) is 1.48. The molecule has 0 saturated heterocycles. The van der Waals surface area contributed by atoms with Crippen LogP contribution in [0.15, 0.2) is 12.3 Å². The predicted molar refractivity (Wildman–Crippen MR) is 41.7 cm³/mol. The van der Waals surface area contributed by atoms with Crippen LogP contribution in [0.2, 0.25) is 0 Å². The van der Waals surface area contributed by atoms with E-state index in [9.17, 15) is 0 Å². The zero-order valence-corrected chi connectivity index (χ0v) is 6.66. The minimum atomic E-state index is 0.157. The van der Waals surface area contributed by atoms with Gasteiger partial charge in [-0.1, -0.05) is 0 Å². The molecule has 0 saturated carbocycles. The SMILES string of the molecule is CCn1nccc1C(=N)OC. The maximum atomic E-state index is 7.36. The molecule has 1 heterocycles. The fourth-order valence-corrected chi connectivity index (χ4v) is 0.882. The van der Waals surface area contributed by atoms with E-state index in [1.54, 1.807) is 16.9 Å². The van der Waals surface area contributed by atoms with Crippen molar-refractivity contribution < 1.29 is 4.74 Å². The van der Waals surface area contributed by atoms with E-state index in [4.69, 9.17) is 10.1 Å². The summed E-state index contributed by atoms with van der Waals surface area (Å²) < 4.78 is 6.47. The minimum Gasteiger partial charge on any atom is -0.480 e. The lowest BCUT2D eigenvalue weighted by molar-refractivity contribution is 0.395. The zero-order valence-electron chi connectivity index (χ0n) is 6.66. The smallest absolute Gasteiger partial charge is 0.231 e. The van der Waals surface area contributed by atoms with E-state index in [1.807, 2.05) is 6.92 Å². The molecule has 1 rings (SSSR count). The van der Waals surface area contributed by atoms with Gasteiger partial charge in [0.1, 0.15) is 5.69 Å². The zero-order chi connectivity index (χ0) is 8.27. The first kappa shape index (κ1) is 7.78. The summed E-state index contributed by atoms with van der Waals surface area (Å²) in [6.45, 7) is 2.73. The van der Waals surface area contributed by atoms with Gasteiger partial charge in [0, 0.05) is 12.7 Å². The standard InChI is InChI=1S/C7H11N3O/c1-3-10-6(4-5-9-10)7(8)11-2/h4-5,8H,3H2,1-2H3. The average Bonchev–Trinajstić information content (AvgIpc) is 2.50. The molecule has 4 nitrogen and oxygen atoms in total. The molecule has 0 radical (unpaired) electrons. The lowest BCUT2D eigenvalue weighted by Crippen LogP contribution is -2.10. The third-order valence-electron chi connectivity index (χ3n) is 1.45. The second-order valence-electron chi connectivity index (χ2n) is 2.07. The lowest BCUT2D eigenvalue weighted by atomic mass is 10.4. The molecule has 0 amide bonds. The van der Waals surface area contributed by atoms with Gasteiger partial charge in [0.25, 0.3) is 0 Å². The van der Waals surface area contributed by atoms with Crippen LogP contribution in [0.25, 0.3) is 0 Å². The van der Waals surface area contributed by atoms with Crippen LogP contribution in [0.5, 0.6) is 0 Å². The maximum absolute atomic E-state index is 7.36. The van der Waals surface area contributed by atoms with Crippen molar-refractivity contribution in [1.82, 2.24) is 9.78 Å². The lowest BCUT2D eigenvalue weighted by Gasteiger charge is -2.03. The largest absolute Gasteiger partial charge is 0.480 e. The number of aryl methyl sites for hydroxylation is 1. The quantitative estimate of drug-likeness (QED) is 0.506. The maximum Gasteiger partial charge on any atom is 0.231 e. The van der Waals surface area contributed by atoms with E-state index in [-0.39, 0.29) is 5.90 Å². The number of hydrogen-bond donors (Lipinski definition) is 1. The van der Waals surface area contributed by atoms with Gasteiger partial charge in [0.15, 0.2) is 0 Å². The first-order valence-electron chi connectivity index (χ1n) is 3.44. The number of nitrogens with one attached hydrogen (secondary N) is 1. The molecule has 0 aliphatic rings. The van der Waals surface area contributed by atoms with Crippen LogP contribution in [0, 0.1) is 5.41 Å². The molecule has 0 fully saturated rings. The summed E-state index contributed by atoms with van der Waals surface area (Å²) in [4.78, 5) is 0. The molecule has 1 aromatic heterocycles. The molecular formula is C7H11N3O. The van der Waals surface area contributed by atoms with E-state index < -0.39 is 0 Å². The Labute approximate surface area is 65.3 Å². The Bertz CT molecular complexity index is 254. The molecule has 0 unspecified atom stereocenters. The third kappa shape index (κ3) is 1.39. The molecule has 4 heteroatoms. The third-order valence-corrected chi connectivity index (χ3v) is 1.45. The number of hydrogen-bond acceptors (Lipinski definition) is 3. The highest BCUT2D eigenvalue weighted by Gasteiger charge is 2.05. The average molecular weight is 153 g/mol. The van der Waals surface area contributed by atoms with Crippen molar-refractivity contribution in [1.29, 1.82) is 5.41 Å². The fourth-order valence-electron chi connectivity index (χ4n) is 0.882. The molecule has 11 heavy (non-hydrogen) atoms. The van der Waals surface area contributed by atoms with Crippen LogP contribution in [-0.4, -0.2) is 22.8 Å². The van der Waals surface area contributed by atoms with E-state index in [1.165, 1.54) is 7.11 Å². The van der Waals surface area contributed by atoms with Gasteiger partial charge in [-0.3, -0.25) is 10.1 Å². The summed E-state index contributed by atoms with van der Waals surface area (Å²) in [6.07, 6.45) is 1.66. The second-order valence-corrected chi connectivity index (χ2v) is 2.07. The molecule has 0 aromatic carbocycles. The molecule has 0 atom stereocenters. The molecular weight excluding hydrogens is 142 g/mol. The Morgan fingerprint density at radius 2 is 2.55 bits per heavy atom. The Morgan fingerprint density at radius 1 is 1.82 bits per heavy atom. The fraction of sp³-hybridized carbons (Fsp3) is 0.429. The van der Waals surface area contributed by atoms with Gasteiger partial charge in [0.05, 0.1) is 7.11 Å². The Kier molecular flexibility index (Phi) is 2.25. The van der Waals surface area contributed by atoms with E-state index in [0.29, 0.717) is 0 Å². The monoisotopic (exact) mass is 153 g/mol. The normalized spacial score (nSPS) is 9.64. The van der Waals surface area contributed by atoms with Gasteiger partial charge in [-0.05, 0) is 13.0 Å². The molecule has 1 aromatic rings. The Hall–Kier alpha value is -1.32. The van der Waals surface area contributed by atoms with Crippen LogP contribution in [0.1, 0.15) is 12.6 Å². The van der Waals surface area contributed by atoms with Gasteiger partial charge in [-0.15, -0.1) is 0 Å². The van der Waals surface area contributed by atoms with Crippen molar-refractivity contribution in [2.75, 3.05) is 7.11 Å². The van der Waals surface area contributed by atoms with Crippen LogP contribution in [0.4, 0.5) is 0 Å². The first-order chi connectivity index (χ1) is 5.29. The Balaban J connectivity index is 2.92. The van der Waals surface area contributed by atoms with Gasteiger partial charge >= 0.3 is 0 Å². The molecule has 0 bridgehead atoms. The van der Waals surface area contributed by atoms with Crippen LogP contribution in [-0.2, 0) is 11.3 Å². The van der Waals surface area contributed by atoms with Crippen molar-refractivity contribution in [3.63, 3.8) is 0 Å². The summed E-state index contributed by atoms with van der Waals surface area (Å²) in [5, 5.41) is 11.4. The van der Waals surface area contributed by atoms with Crippen molar-refractivity contribution >= 4 is 5.90 Å². The van der Waals surface area contributed by atoms with Crippen molar-refractivity contribution in [3.8, 4) is 0 Å². The molecule has 0 spiro atoms. The molecule has 60 valence electrons.